The lowest BCUT2D eigenvalue weighted by Gasteiger charge is -2.04. The summed E-state index contributed by atoms with van der Waals surface area (Å²) in [5.74, 6) is 1.30. The van der Waals surface area contributed by atoms with E-state index in [-0.39, 0.29) is 11.5 Å². The van der Waals surface area contributed by atoms with Gasteiger partial charge in [0.2, 0.25) is 0 Å². The fourth-order valence-electron chi connectivity index (χ4n) is 1.60. The van der Waals surface area contributed by atoms with Crippen LogP contribution in [0.5, 0.6) is 0 Å². The van der Waals surface area contributed by atoms with E-state index in [2.05, 4.69) is 4.98 Å². The van der Waals surface area contributed by atoms with Gasteiger partial charge in [-0.25, -0.2) is 13.4 Å². The minimum absolute atomic E-state index is 0.0108. The average molecular weight is 299 g/mol. The van der Waals surface area contributed by atoms with E-state index in [0.29, 0.717) is 23.8 Å². The molecule has 2 heterocycles. The third-order valence-corrected chi connectivity index (χ3v) is 5.16. The van der Waals surface area contributed by atoms with Gasteiger partial charge in [-0.05, 0) is 24.5 Å². The molecule has 0 N–H and O–H groups in total. The molecular formula is C13H17NO3S2. The van der Waals surface area contributed by atoms with Gasteiger partial charge in [-0.1, -0.05) is 13.8 Å². The van der Waals surface area contributed by atoms with Gasteiger partial charge >= 0.3 is 0 Å². The van der Waals surface area contributed by atoms with Crippen molar-refractivity contribution in [3.05, 3.63) is 29.5 Å². The molecule has 2 aromatic heterocycles. The van der Waals surface area contributed by atoms with E-state index in [4.69, 9.17) is 4.42 Å². The van der Waals surface area contributed by atoms with E-state index in [9.17, 15) is 8.42 Å². The van der Waals surface area contributed by atoms with Gasteiger partial charge in [0.25, 0.3) is 0 Å². The fraction of sp³-hybridized carbons (Fsp3) is 0.462. The topological polar surface area (TPSA) is 60.2 Å². The second kappa shape index (κ2) is 5.88. The highest BCUT2D eigenvalue weighted by Gasteiger charge is 2.16. The summed E-state index contributed by atoms with van der Waals surface area (Å²) in [6, 6.07) is 3.60. The molecule has 0 aliphatic rings. The average Bonchev–Trinajstić information content (AvgIpc) is 2.95. The highest BCUT2D eigenvalue weighted by atomic mass is 32.2. The first-order valence-electron chi connectivity index (χ1n) is 6.15. The second-order valence-corrected chi connectivity index (χ2v) is 7.94. The van der Waals surface area contributed by atoms with Crippen LogP contribution in [0.2, 0.25) is 0 Å². The molecule has 0 aliphatic heterocycles. The molecule has 2 aromatic rings. The minimum Gasteiger partial charge on any atom is -0.462 e. The van der Waals surface area contributed by atoms with E-state index >= 15 is 0 Å². The van der Waals surface area contributed by atoms with Crippen LogP contribution in [-0.2, 0) is 15.6 Å². The van der Waals surface area contributed by atoms with Gasteiger partial charge in [0.05, 0.1) is 23.5 Å². The van der Waals surface area contributed by atoms with Crippen LogP contribution in [0.4, 0.5) is 0 Å². The molecule has 0 aromatic carbocycles. The number of sulfone groups is 1. The predicted molar refractivity (Wildman–Crippen MR) is 76.8 cm³/mol. The van der Waals surface area contributed by atoms with Crippen LogP contribution >= 0.6 is 11.3 Å². The number of aromatic nitrogens is 1. The van der Waals surface area contributed by atoms with Gasteiger partial charge in [0.15, 0.2) is 20.6 Å². The first kappa shape index (κ1) is 14.3. The van der Waals surface area contributed by atoms with Crippen molar-refractivity contribution < 1.29 is 12.8 Å². The normalized spacial score (nSPS) is 12.2. The van der Waals surface area contributed by atoms with Crippen molar-refractivity contribution in [1.29, 1.82) is 0 Å². The highest BCUT2D eigenvalue weighted by molar-refractivity contribution is 7.90. The van der Waals surface area contributed by atoms with E-state index in [1.807, 2.05) is 19.9 Å². The standard InChI is InChI=1S/C13H17NO3S2/c1-10(2)5-7-19(15,16)9-11-8-18-13(14-11)12-4-3-6-17-12/h3-4,6,8,10H,5,7,9H2,1-2H3. The first-order valence-corrected chi connectivity index (χ1v) is 8.85. The quantitative estimate of drug-likeness (QED) is 0.820. The molecule has 0 radical (unpaired) electrons. The maximum Gasteiger partial charge on any atom is 0.162 e. The van der Waals surface area contributed by atoms with Crippen molar-refractivity contribution in [2.75, 3.05) is 5.75 Å². The Labute approximate surface area is 117 Å². The third-order valence-electron chi connectivity index (χ3n) is 2.66. The van der Waals surface area contributed by atoms with E-state index in [0.717, 1.165) is 5.01 Å². The fourth-order valence-corrected chi connectivity index (χ4v) is 4.06. The number of hydrogen-bond donors (Lipinski definition) is 0. The molecule has 4 nitrogen and oxygen atoms in total. The van der Waals surface area contributed by atoms with Crippen LogP contribution in [0.15, 0.2) is 28.2 Å². The van der Waals surface area contributed by atoms with Crippen LogP contribution in [0.25, 0.3) is 10.8 Å². The number of thiazole rings is 1. The van der Waals surface area contributed by atoms with Crippen molar-refractivity contribution in [2.24, 2.45) is 5.92 Å². The van der Waals surface area contributed by atoms with Crippen LogP contribution in [0, 0.1) is 5.92 Å². The lowest BCUT2D eigenvalue weighted by molar-refractivity contribution is 0.572. The summed E-state index contributed by atoms with van der Waals surface area (Å²) >= 11 is 1.40. The Kier molecular flexibility index (Phi) is 4.42. The van der Waals surface area contributed by atoms with Crippen molar-refractivity contribution in [3.8, 4) is 10.8 Å². The zero-order valence-electron chi connectivity index (χ0n) is 11.0. The lowest BCUT2D eigenvalue weighted by atomic mass is 10.2. The Hall–Kier alpha value is -1.14. The molecule has 0 aliphatic carbocycles. The van der Waals surface area contributed by atoms with Gasteiger partial charge in [-0.3, -0.25) is 0 Å². The maximum absolute atomic E-state index is 11.9. The molecule has 0 saturated heterocycles. The SMILES string of the molecule is CC(C)CCS(=O)(=O)Cc1csc(-c2ccco2)n1. The Morgan fingerprint density at radius 1 is 1.42 bits per heavy atom. The summed E-state index contributed by atoms with van der Waals surface area (Å²) in [4.78, 5) is 4.31. The van der Waals surface area contributed by atoms with Crippen molar-refractivity contribution >= 4 is 21.2 Å². The monoisotopic (exact) mass is 299 g/mol. The molecule has 0 fully saturated rings. The van der Waals surface area contributed by atoms with Crippen molar-refractivity contribution in [2.45, 2.75) is 26.0 Å². The van der Waals surface area contributed by atoms with Crippen LogP contribution < -0.4 is 0 Å². The Bertz CT molecular complexity index is 612. The predicted octanol–water partition coefficient (Wildman–Crippen LogP) is 3.36. The Morgan fingerprint density at radius 2 is 2.21 bits per heavy atom. The molecule has 19 heavy (non-hydrogen) atoms. The summed E-state index contributed by atoms with van der Waals surface area (Å²) in [7, 11) is -3.07. The number of rotatable bonds is 6. The van der Waals surface area contributed by atoms with E-state index in [1.54, 1.807) is 17.7 Å². The first-order chi connectivity index (χ1) is 8.96. The molecular weight excluding hydrogens is 282 g/mol. The zero-order valence-corrected chi connectivity index (χ0v) is 12.6. The van der Waals surface area contributed by atoms with E-state index < -0.39 is 9.84 Å². The number of nitrogens with zero attached hydrogens (tertiary/aromatic N) is 1. The minimum atomic E-state index is -3.07. The molecule has 0 spiro atoms. The number of furan rings is 1. The van der Waals surface area contributed by atoms with Gasteiger partial charge < -0.3 is 4.42 Å². The summed E-state index contributed by atoms with van der Waals surface area (Å²) in [6.45, 7) is 4.04. The molecule has 6 heteroatoms. The Morgan fingerprint density at radius 3 is 2.84 bits per heavy atom. The third kappa shape index (κ3) is 4.18. The van der Waals surface area contributed by atoms with E-state index in [1.165, 1.54) is 11.3 Å². The smallest absolute Gasteiger partial charge is 0.162 e. The van der Waals surface area contributed by atoms with Crippen LogP contribution in [0.3, 0.4) is 0 Å². The number of hydrogen-bond acceptors (Lipinski definition) is 5. The molecule has 2 rings (SSSR count). The molecule has 0 atom stereocenters. The summed E-state index contributed by atoms with van der Waals surface area (Å²) in [5, 5.41) is 2.50. The van der Waals surface area contributed by atoms with Gasteiger partial charge in [-0.2, -0.15) is 0 Å². The maximum atomic E-state index is 11.9. The highest BCUT2D eigenvalue weighted by Crippen LogP contribution is 2.24. The largest absolute Gasteiger partial charge is 0.462 e. The van der Waals surface area contributed by atoms with Crippen molar-refractivity contribution in [3.63, 3.8) is 0 Å². The molecule has 0 saturated carbocycles. The summed E-state index contributed by atoms with van der Waals surface area (Å²) in [5.41, 5.74) is 0.597. The summed E-state index contributed by atoms with van der Waals surface area (Å²) < 4.78 is 29.1. The van der Waals surface area contributed by atoms with Crippen LogP contribution in [-0.4, -0.2) is 19.2 Å². The van der Waals surface area contributed by atoms with Gasteiger partial charge in [0, 0.05) is 5.38 Å². The molecule has 0 bridgehead atoms. The molecule has 104 valence electrons. The Balaban J connectivity index is 2.04. The van der Waals surface area contributed by atoms with Crippen LogP contribution in [0.1, 0.15) is 26.0 Å². The lowest BCUT2D eigenvalue weighted by Crippen LogP contribution is -2.11. The van der Waals surface area contributed by atoms with Crippen molar-refractivity contribution in [1.82, 2.24) is 4.98 Å². The molecule has 0 unspecified atom stereocenters. The van der Waals surface area contributed by atoms with Gasteiger partial charge in [0.1, 0.15) is 0 Å². The molecule has 0 amide bonds. The summed E-state index contributed by atoms with van der Waals surface area (Å²) in [6.07, 6.45) is 2.27. The van der Waals surface area contributed by atoms with Gasteiger partial charge in [-0.15, -0.1) is 11.3 Å². The second-order valence-electron chi connectivity index (χ2n) is 4.90. The zero-order chi connectivity index (χ0) is 13.9.